The number of ether oxygens (including phenoxy) is 1. The van der Waals surface area contributed by atoms with Crippen molar-refractivity contribution in [2.75, 3.05) is 19.7 Å². The van der Waals surface area contributed by atoms with Crippen molar-refractivity contribution in [2.24, 2.45) is 0 Å². The fourth-order valence-electron chi connectivity index (χ4n) is 3.97. The van der Waals surface area contributed by atoms with Gasteiger partial charge in [0.15, 0.2) is 8.32 Å². The lowest BCUT2D eigenvalue weighted by atomic mass is 10.0. The second kappa shape index (κ2) is 9.78. The Balaban J connectivity index is 1.79. The molecule has 2 atom stereocenters. The third-order valence-electron chi connectivity index (χ3n) is 7.04. The van der Waals surface area contributed by atoms with Crippen molar-refractivity contribution in [1.29, 1.82) is 0 Å². The standard InChI is InChI=1S/C25H41ClN4O3Si/c1-17(11-13-32-34(8,9)25(5,6)7)22-28-21(19-14-27-20(26)16-30(19)22)18-10-12-29(15-18)23(31)33-24(2,3)4/h14,16-18H,10-13,15H2,1-9H3/t17-,18?/m0/s1. The minimum atomic E-state index is -1.79. The van der Waals surface area contributed by atoms with Crippen molar-refractivity contribution in [2.45, 2.75) is 96.9 Å². The molecule has 3 rings (SSSR count). The molecule has 1 aliphatic heterocycles. The molecule has 0 aromatic carbocycles. The summed E-state index contributed by atoms with van der Waals surface area (Å²) in [6, 6.07) is 0. The minimum Gasteiger partial charge on any atom is -0.444 e. The average Bonchev–Trinajstić information content (AvgIpc) is 3.30. The van der Waals surface area contributed by atoms with Gasteiger partial charge in [-0.2, -0.15) is 0 Å². The van der Waals surface area contributed by atoms with Gasteiger partial charge in [-0.3, -0.25) is 4.40 Å². The Hall–Kier alpha value is -1.64. The molecule has 3 heterocycles. The summed E-state index contributed by atoms with van der Waals surface area (Å²) < 4.78 is 14.1. The molecule has 1 aliphatic rings. The SMILES string of the molecule is C[C@@H](CCO[Si](C)(C)C(C)(C)C)c1nc(C2CCN(C(=O)OC(C)(C)C)C2)c2cnc(Cl)cn12. The number of halogens is 1. The quantitative estimate of drug-likeness (QED) is 0.410. The van der Waals surface area contributed by atoms with E-state index in [1.165, 1.54) is 0 Å². The molecule has 2 aromatic rings. The summed E-state index contributed by atoms with van der Waals surface area (Å²) in [5, 5.41) is 0.620. The Morgan fingerprint density at radius 1 is 1.26 bits per heavy atom. The van der Waals surface area contributed by atoms with Crippen LogP contribution in [0.4, 0.5) is 4.79 Å². The molecule has 0 radical (unpaired) electrons. The summed E-state index contributed by atoms with van der Waals surface area (Å²) in [4.78, 5) is 23.7. The number of carbonyl (C=O) groups is 1. The summed E-state index contributed by atoms with van der Waals surface area (Å²) in [6.45, 7) is 21.1. The molecular weight excluding hydrogens is 468 g/mol. The van der Waals surface area contributed by atoms with Crippen LogP contribution in [-0.2, 0) is 9.16 Å². The third-order valence-corrected chi connectivity index (χ3v) is 11.8. The van der Waals surface area contributed by atoms with E-state index >= 15 is 0 Å². The zero-order valence-corrected chi connectivity index (χ0v) is 24.0. The van der Waals surface area contributed by atoms with E-state index in [9.17, 15) is 4.79 Å². The van der Waals surface area contributed by atoms with Gasteiger partial charge in [-0.05, 0) is 51.7 Å². The zero-order valence-electron chi connectivity index (χ0n) is 22.2. The molecule has 1 amide bonds. The van der Waals surface area contributed by atoms with E-state index in [2.05, 4.69) is 50.2 Å². The summed E-state index contributed by atoms with van der Waals surface area (Å²) in [7, 11) is -1.79. The number of amides is 1. The number of nitrogens with zero attached hydrogens (tertiary/aromatic N) is 4. The lowest BCUT2D eigenvalue weighted by Gasteiger charge is -2.36. The number of imidazole rings is 1. The van der Waals surface area contributed by atoms with Gasteiger partial charge in [0.2, 0.25) is 0 Å². The molecule has 190 valence electrons. The normalized spacial score (nSPS) is 18.5. The van der Waals surface area contributed by atoms with Gasteiger partial charge in [0, 0.05) is 37.7 Å². The highest BCUT2D eigenvalue weighted by Crippen LogP contribution is 2.37. The maximum absolute atomic E-state index is 12.6. The highest BCUT2D eigenvalue weighted by atomic mass is 35.5. The minimum absolute atomic E-state index is 0.134. The lowest BCUT2D eigenvalue weighted by molar-refractivity contribution is 0.0292. The van der Waals surface area contributed by atoms with Gasteiger partial charge in [0.1, 0.15) is 16.6 Å². The molecule has 2 aromatic heterocycles. The Bertz CT molecular complexity index is 1030. The summed E-state index contributed by atoms with van der Waals surface area (Å²) in [5.74, 6) is 1.28. The first-order valence-corrected chi connectivity index (χ1v) is 15.5. The third kappa shape index (κ3) is 6.12. The molecule has 0 aliphatic carbocycles. The van der Waals surface area contributed by atoms with Gasteiger partial charge in [-0.15, -0.1) is 0 Å². The number of hydrogen-bond donors (Lipinski definition) is 0. The first-order valence-electron chi connectivity index (χ1n) is 12.2. The van der Waals surface area contributed by atoms with E-state index in [0.29, 0.717) is 24.8 Å². The van der Waals surface area contributed by atoms with Crippen LogP contribution < -0.4 is 0 Å². The topological polar surface area (TPSA) is 69.0 Å². The molecule has 9 heteroatoms. The smallest absolute Gasteiger partial charge is 0.410 e. The number of rotatable bonds is 6. The van der Waals surface area contributed by atoms with Crippen molar-refractivity contribution in [1.82, 2.24) is 19.3 Å². The first-order chi connectivity index (χ1) is 15.6. The van der Waals surface area contributed by atoms with Gasteiger partial charge < -0.3 is 14.1 Å². The molecule has 7 nitrogen and oxygen atoms in total. The molecule has 34 heavy (non-hydrogen) atoms. The molecule has 0 N–H and O–H groups in total. The number of carbonyl (C=O) groups excluding carboxylic acids is 1. The van der Waals surface area contributed by atoms with Crippen LogP contribution in [0.3, 0.4) is 0 Å². The molecule has 1 saturated heterocycles. The van der Waals surface area contributed by atoms with E-state index in [0.717, 1.165) is 29.9 Å². The Kier molecular flexibility index (Phi) is 7.75. The fraction of sp³-hybridized carbons (Fsp3) is 0.720. The highest BCUT2D eigenvalue weighted by molar-refractivity contribution is 6.74. The van der Waals surface area contributed by atoms with E-state index in [1.54, 1.807) is 11.1 Å². The maximum Gasteiger partial charge on any atom is 0.410 e. The van der Waals surface area contributed by atoms with Crippen molar-refractivity contribution in [3.8, 4) is 0 Å². The van der Waals surface area contributed by atoms with Crippen LogP contribution in [0.25, 0.3) is 5.52 Å². The van der Waals surface area contributed by atoms with E-state index in [1.807, 2.05) is 27.0 Å². The number of fused-ring (bicyclic) bond motifs is 1. The van der Waals surface area contributed by atoms with E-state index < -0.39 is 13.9 Å². The average molecular weight is 509 g/mol. The molecule has 0 saturated carbocycles. The van der Waals surface area contributed by atoms with Crippen molar-refractivity contribution in [3.05, 3.63) is 29.1 Å². The first kappa shape index (κ1) is 27.0. The van der Waals surface area contributed by atoms with Crippen LogP contribution in [0.5, 0.6) is 0 Å². The highest BCUT2D eigenvalue weighted by Gasteiger charge is 2.37. The number of aromatic nitrogens is 3. The predicted octanol–water partition coefficient (Wildman–Crippen LogP) is 6.62. The van der Waals surface area contributed by atoms with Crippen LogP contribution in [0.1, 0.15) is 84.7 Å². The summed E-state index contributed by atoms with van der Waals surface area (Å²) >= 11 is 6.26. The second-order valence-electron chi connectivity index (χ2n) is 12.0. The predicted molar refractivity (Wildman–Crippen MR) is 139 cm³/mol. The largest absolute Gasteiger partial charge is 0.444 e. The number of hydrogen-bond acceptors (Lipinski definition) is 5. The molecule has 1 unspecified atom stereocenters. The van der Waals surface area contributed by atoms with Crippen LogP contribution in [0.2, 0.25) is 23.3 Å². The molecule has 1 fully saturated rings. The van der Waals surface area contributed by atoms with E-state index in [4.69, 9.17) is 25.7 Å². The van der Waals surface area contributed by atoms with Crippen molar-refractivity contribution >= 4 is 31.5 Å². The van der Waals surface area contributed by atoms with Crippen molar-refractivity contribution in [3.63, 3.8) is 0 Å². The Labute approximate surface area is 210 Å². The van der Waals surface area contributed by atoms with Crippen LogP contribution in [-0.4, -0.2) is 59.0 Å². The van der Waals surface area contributed by atoms with Crippen molar-refractivity contribution < 1.29 is 14.0 Å². The van der Waals surface area contributed by atoms with Gasteiger partial charge in [-0.25, -0.2) is 14.8 Å². The molecule has 0 bridgehead atoms. The number of likely N-dealkylation sites (tertiary alicyclic amines) is 1. The molecular formula is C25H41ClN4O3Si. The zero-order chi connectivity index (χ0) is 25.5. The summed E-state index contributed by atoms with van der Waals surface area (Å²) in [5.41, 5.74) is 1.42. The second-order valence-corrected chi connectivity index (χ2v) is 17.2. The van der Waals surface area contributed by atoms with Gasteiger partial charge >= 0.3 is 6.09 Å². The monoisotopic (exact) mass is 508 g/mol. The van der Waals surface area contributed by atoms with Crippen LogP contribution >= 0.6 is 11.6 Å². The summed E-state index contributed by atoms with van der Waals surface area (Å²) in [6.07, 6.45) is 5.09. The van der Waals surface area contributed by atoms with E-state index in [-0.39, 0.29) is 23.0 Å². The Morgan fingerprint density at radius 3 is 2.56 bits per heavy atom. The van der Waals surface area contributed by atoms with Gasteiger partial charge in [0.05, 0.1) is 17.4 Å². The van der Waals surface area contributed by atoms with Gasteiger partial charge in [0.25, 0.3) is 0 Å². The maximum atomic E-state index is 12.6. The fourth-order valence-corrected chi connectivity index (χ4v) is 5.18. The Morgan fingerprint density at radius 2 is 1.94 bits per heavy atom. The lowest BCUT2D eigenvalue weighted by Crippen LogP contribution is -2.41. The molecule has 0 spiro atoms. The van der Waals surface area contributed by atoms with Crippen LogP contribution in [0, 0.1) is 0 Å². The van der Waals surface area contributed by atoms with Gasteiger partial charge in [-0.1, -0.05) is 39.3 Å². The van der Waals surface area contributed by atoms with Crippen LogP contribution in [0.15, 0.2) is 12.4 Å².